The van der Waals surface area contributed by atoms with E-state index in [1.807, 2.05) is 0 Å². The Morgan fingerprint density at radius 3 is 2.59 bits per heavy atom. The highest BCUT2D eigenvalue weighted by molar-refractivity contribution is 5.24. The lowest BCUT2D eigenvalue weighted by Crippen LogP contribution is -2.46. The topological polar surface area (TPSA) is 4.36 Å². The van der Waals surface area contributed by atoms with Crippen LogP contribution in [-0.2, 0) is 0 Å². The van der Waals surface area contributed by atoms with Gasteiger partial charge in [0.25, 0.3) is 0 Å². The van der Waals surface area contributed by atoms with Gasteiger partial charge in [0.1, 0.15) is 0 Å². The molecule has 0 aromatic carbocycles. The van der Waals surface area contributed by atoms with E-state index in [1.54, 1.807) is 0 Å². The molecule has 0 heterocycles. The van der Waals surface area contributed by atoms with Crippen LogP contribution in [-0.4, -0.2) is 6.04 Å². The summed E-state index contributed by atoms with van der Waals surface area (Å²) in [5.74, 6) is 1.94. The van der Waals surface area contributed by atoms with E-state index in [-0.39, 0.29) is 11.5 Å². The molecule has 17 heavy (non-hydrogen) atoms. The van der Waals surface area contributed by atoms with Gasteiger partial charge in [-0.2, -0.15) is 0 Å². The third-order valence-corrected chi connectivity index (χ3v) is 5.27. The van der Waals surface area contributed by atoms with Crippen LogP contribution in [0.25, 0.3) is 4.85 Å². The van der Waals surface area contributed by atoms with Crippen LogP contribution in [0.5, 0.6) is 0 Å². The smallest absolute Gasteiger partial charge is 0.235 e. The molecular weight excluding hydrogens is 206 g/mol. The molecular formula is C16H25N. The lowest BCUT2D eigenvalue weighted by atomic mass is 9.58. The summed E-state index contributed by atoms with van der Waals surface area (Å²) in [5.41, 5.74) is 1.72. The molecule has 0 amide bonds. The average molecular weight is 231 g/mol. The monoisotopic (exact) mass is 231 g/mol. The van der Waals surface area contributed by atoms with Gasteiger partial charge in [0.05, 0.1) is 5.41 Å². The Labute approximate surface area is 106 Å². The van der Waals surface area contributed by atoms with Crippen molar-refractivity contribution in [2.75, 3.05) is 0 Å². The van der Waals surface area contributed by atoms with Gasteiger partial charge in [-0.05, 0) is 44.4 Å². The van der Waals surface area contributed by atoms with Crippen molar-refractivity contribution < 1.29 is 0 Å². The quantitative estimate of drug-likeness (QED) is 0.455. The van der Waals surface area contributed by atoms with Crippen LogP contribution in [0.15, 0.2) is 11.6 Å². The van der Waals surface area contributed by atoms with Gasteiger partial charge in [0.2, 0.25) is 6.04 Å². The first-order chi connectivity index (χ1) is 8.01. The van der Waals surface area contributed by atoms with Crippen molar-refractivity contribution >= 4 is 0 Å². The average Bonchev–Trinajstić information content (AvgIpc) is 2.65. The van der Waals surface area contributed by atoms with Crippen LogP contribution in [0, 0.1) is 29.7 Å². The second-order valence-corrected chi connectivity index (χ2v) is 6.56. The van der Waals surface area contributed by atoms with Crippen molar-refractivity contribution in [2.45, 2.75) is 59.4 Å². The number of hydrogen-bond donors (Lipinski definition) is 0. The predicted octanol–water partition coefficient (Wildman–Crippen LogP) is 4.70. The highest BCUT2D eigenvalue weighted by Crippen LogP contribution is 2.54. The molecule has 2 aliphatic rings. The van der Waals surface area contributed by atoms with Gasteiger partial charge >= 0.3 is 0 Å². The van der Waals surface area contributed by atoms with Gasteiger partial charge < -0.3 is 4.85 Å². The van der Waals surface area contributed by atoms with Crippen molar-refractivity contribution in [1.82, 2.24) is 0 Å². The molecule has 1 heteroatoms. The van der Waals surface area contributed by atoms with E-state index in [2.05, 4.69) is 38.6 Å². The summed E-state index contributed by atoms with van der Waals surface area (Å²) in [5, 5.41) is 0. The van der Waals surface area contributed by atoms with Crippen molar-refractivity contribution in [2.24, 2.45) is 23.2 Å². The van der Waals surface area contributed by atoms with E-state index in [4.69, 9.17) is 6.57 Å². The molecule has 0 saturated heterocycles. The standard InChI is InChI=1S/C16H25N/c1-11(2)14-7-6-13(4)16(15(14)17-5)9-8-12(3)10-16/h10-11,13-15H,6-9H2,1-4H3/t13-,14?,15-,16-/m1/s1. The number of allylic oxidation sites excluding steroid dienone is 1. The van der Waals surface area contributed by atoms with Crippen molar-refractivity contribution in [3.8, 4) is 0 Å². The van der Waals surface area contributed by atoms with Gasteiger partial charge in [-0.25, -0.2) is 6.57 Å². The highest BCUT2D eigenvalue weighted by Gasteiger charge is 2.55. The molecule has 1 nitrogen and oxygen atoms in total. The van der Waals surface area contributed by atoms with Crippen LogP contribution in [0.3, 0.4) is 0 Å². The first-order valence-electron chi connectivity index (χ1n) is 7.06. The Balaban J connectivity index is 2.37. The summed E-state index contributed by atoms with van der Waals surface area (Å²) in [6.07, 6.45) is 7.45. The Bertz CT molecular complexity index is 360. The molecule has 94 valence electrons. The van der Waals surface area contributed by atoms with Crippen LogP contribution < -0.4 is 0 Å². The molecule has 0 radical (unpaired) electrons. The molecule has 0 aromatic heterocycles. The number of rotatable bonds is 1. The maximum absolute atomic E-state index is 7.66. The minimum absolute atomic E-state index is 0.207. The zero-order chi connectivity index (χ0) is 12.6. The van der Waals surface area contributed by atoms with Crippen LogP contribution in [0.2, 0.25) is 0 Å². The van der Waals surface area contributed by atoms with Crippen LogP contribution >= 0.6 is 0 Å². The number of hydrogen-bond acceptors (Lipinski definition) is 0. The molecule has 0 N–H and O–H groups in total. The van der Waals surface area contributed by atoms with Crippen molar-refractivity contribution in [3.63, 3.8) is 0 Å². The third kappa shape index (κ3) is 1.92. The molecule has 1 unspecified atom stereocenters. The third-order valence-electron chi connectivity index (χ3n) is 5.27. The normalized spacial score (nSPS) is 41.6. The van der Waals surface area contributed by atoms with Gasteiger partial charge in [0.15, 0.2) is 0 Å². The van der Waals surface area contributed by atoms with Crippen molar-refractivity contribution in [3.05, 3.63) is 23.1 Å². The lowest BCUT2D eigenvalue weighted by molar-refractivity contribution is 0.0827. The zero-order valence-electron chi connectivity index (χ0n) is 11.7. The molecule has 1 saturated carbocycles. The fraction of sp³-hybridized carbons (Fsp3) is 0.812. The van der Waals surface area contributed by atoms with Gasteiger partial charge in [-0.3, -0.25) is 0 Å². The van der Waals surface area contributed by atoms with E-state index in [0.29, 0.717) is 17.8 Å². The maximum atomic E-state index is 7.66. The predicted molar refractivity (Wildman–Crippen MR) is 72.5 cm³/mol. The summed E-state index contributed by atoms with van der Waals surface area (Å²) >= 11 is 0. The van der Waals surface area contributed by atoms with Crippen LogP contribution in [0.4, 0.5) is 0 Å². The minimum atomic E-state index is 0.207. The lowest BCUT2D eigenvalue weighted by Gasteiger charge is -2.44. The fourth-order valence-corrected chi connectivity index (χ4v) is 4.11. The molecule has 1 spiro atoms. The largest absolute Gasteiger partial charge is 0.312 e. The van der Waals surface area contributed by atoms with Gasteiger partial charge in [0, 0.05) is 5.92 Å². The maximum Gasteiger partial charge on any atom is 0.235 e. The second kappa shape index (κ2) is 4.48. The first kappa shape index (κ1) is 12.7. The molecule has 2 rings (SSSR count). The van der Waals surface area contributed by atoms with E-state index >= 15 is 0 Å². The van der Waals surface area contributed by atoms with E-state index in [1.165, 1.54) is 31.3 Å². The highest BCUT2D eigenvalue weighted by atomic mass is 14.8. The van der Waals surface area contributed by atoms with Crippen LogP contribution in [0.1, 0.15) is 53.4 Å². The van der Waals surface area contributed by atoms with E-state index < -0.39 is 0 Å². The SMILES string of the molecule is [C-]#[N+][C@@H]1C(C(C)C)CC[C@@H](C)[C@@]12C=C(C)CC2. The summed E-state index contributed by atoms with van der Waals surface area (Å²) in [6, 6.07) is 0.226. The Morgan fingerprint density at radius 2 is 2.12 bits per heavy atom. The van der Waals surface area contributed by atoms with Gasteiger partial charge in [-0.1, -0.05) is 32.4 Å². The summed E-state index contributed by atoms with van der Waals surface area (Å²) in [4.78, 5) is 4.08. The molecule has 0 aliphatic heterocycles. The van der Waals surface area contributed by atoms with E-state index in [0.717, 1.165) is 0 Å². The minimum Gasteiger partial charge on any atom is -0.312 e. The molecule has 0 bridgehead atoms. The number of nitrogens with zero attached hydrogens (tertiary/aromatic N) is 1. The summed E-state index contributed by atoms with van der Waals surface area (Å²) in [6.45, 7) is 16.8. The Hall–Kier alpha value is -0.770. The molecule has 0 aromatic rings. The van der Waals surface area contributed by atoms with Crippen molar-refractivity contribution in [1.29, 1.82) is 0 Å². The van der Waals surface area contributed by atoms with Gasteiger partial charge in [-0.15, -0.1) is 0 Å². The summed E-state index contributed by atoms with van der Waals surface area (Å²) < 4.78 is 0. The first-order valence-corrected chi connectivity index (χ1v) is 7.06. The Morgan fingerprint density at radius 1 is 1.41 bits per heavy atom. The second-order valence-electron chi connectivity index (χ2n) is 6.56. The molecule has 2 aliphatic carbocycles. The summed E-state index contributed by atoms with van der Waals surface area (Å²) in [7, 11) is 0. The zero-order valence-corrected chi connectivity index (χ0v) is 11.7. The van der Waals surface area contributed by atoms with E-state index in [9.17, 15) is 0 Å². The molecule has 1 fully saturated rings. The Kier molecular flexibility index (Phi) is 3.34. The fourth-order valence-electron chi connectivity index (χ4n) is 4.11. The molecule has 4 atom stereocenters.